The topological polar surface area (TPSA) is 116 Å². The summed E-state index contributed by atoms with van der Waals surface area (Å²) < 4.78 is 34.7. The van der Waals surface area contributed by atoms with E-state index >= 15 is 0 Å². The molecule has 5 rings (SSSR count). The van der Waals surface area contributed by atoms with Crippen LogP contribution in [0.25, 0.3) is 20.7 Å². The number of fused-ring (bicyclic) bond motifs is 1. The van der Waals surface area contributed by atoms with E-state index in [1.807, 2.05) is 19.9 Å². The van der Waals surface area contributed by atoms with E-state index in [1.165, 1.54) is 23.5 Å². The van der Waals surface area contributed by atoms with Crippen LogP contribution >= 0.6 is 34.3 Å². The number of halogens is 3. The van der Waals surface area contributed by atoms with Gasteiger partial charge in [0, 0.05) is 20.7 Å². The second-order valence-corrected chi connectivity index (χ2v) is 11.2. The predicted octanol–water partition coefficient (Wildman–Crippen LogP) is 6.73. The number of nitrogens with one attached hydrogen (secondary N) is 1. The van der Waals surface area contributed by atoms with Crippen LogP contribution in [-0.4, -0.2) is 26.6 Å². The number of carbonyl (C=O) groups is 2. The Bertz CT molecular complexity index is 1720. The highest BCUT2D eigenvalue weighted by Crippen LogP contribution is 2.44. The lowest BCUT2D eigenvalue weighted by Crippen LogP contribution is -2.16. The van der Waals surface area contributed by atoms with Crippen molar-refractivity contribution in [2.45, 2.75) is 33.7 Å². The van der Waals surface area contributed by atoms with E-state index in [9.17, 15) is 18.4 Å². The van der Waals surface area contributed by atoms with E-state index in [1.54, 1.807) is 23.7 Å². The minimum absolute atomic E-state index is 0.00847. The molecule has 0 spiro atoms. The predicted molar refractivity (Wildman–Crippen MR) is 144 cm³/mol. The van der Waals surface area contributed by atoms with Crippen LogP contribution in [0.2, 0.25) is 5.02 Å². The molecule has 0 saturated carbocycles. The zero-order chi connectivity index (χ0) is 27.3. The number of hydrogen-bond donors (Lipinski definition) is 2. The molecule has 0 aromatic carbocycles. The Kier molecular flexibility index (Phi) is 6.80. The van der Waals surface area contributed by atoms with Crippen LogP contribution in [0, 0.1) is 20.8 Å². The van der Waals surface area contributed by atoms with Gasteiger partial charge in [0.2, 0.25) is 0 Å². The molecule has 5 aromatic heterocycles. The van der Waals surface area contributed by atoms with E-state index in [0.717, 1.165) is 21.9 Å². The van der Waals surface area contributed by atoms with E-state index in [4.69, 9.17) is 21.8 Å². The van der Waals surface area contributed by atoms with E-state index < -0.39 is 23.9 Å². The minimum atomic E-state index is -2.82. The molecule has 5 aromatic rings. The van der Waals surface area contributed by atoms with Crippen molar-refractivity contribution in [3.8, 4) is 10.4 Å². The second-order valence-electron chi connectivity index (χ2n) is 8.52. The first-order valence-electron chi connectivity index (χ1n) is 11.2. The van der Waals surface area contributed by atoms with Crippen LogP contribution in [0.3, 0.4) is 0 Å². The fraction of sp³-hybridized carbons (Fsp3) is 0.200. The Balaban J connectivity index is 1.55. The second kappa shape index (κ2) is 9.93. The average molecular weight is 576 g/mol. The summed E-state index contributed by atoms with van der Waals surface area (Å²) >= 11 is 8.45. The Hall–Kier alpha value is -3.61. The van der Waals surface area contributed by atoms with Crippen molar-refractivity contribution in [1.29, 1.82) is 0 Å². The summed E-state index contributed by atoms with van der Waals surface area (Å²) in [6, 6.07) is 8.05. The first kappa shape index (κ1) is 26.0. The largest absolute Gasteiger partial charge is 0.454 e. The number of carbonyl (C=O) groups excluding carboxylic acids is 2. The fourth-order valence-corrected chi connectivity index (χ4v) is 6.07. The number of aryl methyl sites for hydroxylation is 2. The monoisotopic (exact) mass is 575 g/mol. The molecule has 0 fully saturated rings. The third-order valence-electron chi connectivity index (χ3n) is 5.86. The van der Waals surface area contributed by atoms with Crippen molar-refractivity contribution in [2.24, 2.45) is 5.73 Å². The molecule has 0 unspecified atom stereocenters. The number of amides is 2. The molecule has 0 bridgehead atoms. The number of nitrogens with two attached hydrogens (primary N) is 1. The van der Waals surface area contributed by atoms with Gasteiger partial charge in [-0.3, -0.25) is 14.3 Å². The normalized spacial score (nSPS) is 11.6. The summed E-state index contributed by atoms with van der Waals surface area (Å²) in [4.78, 5) is 31.4. The molecule has 8 nitrogen and oxygen atoms in total. The number of thiophene rings is 2. The molecule has 0 radical (unpaired) electrons. The van der Waals surface area contributed by atoms with Gasteiger partial charge in [-0.2, -0.15) is 5.10 Å². The van der Waals surface area contributed by atoms with Crippen LogP contribution < -0.4 is 11.1 Å². The number of hydrogen-bond acceptors (Lipinski definition) is 7. The zero-order valence-corrected chi connectivity index (χ0v) is 22.7. The first-order valence-corrected chi connectivity index (χ1v) is 13.3. The summed E-state index contributed by atoms with van der Waals surface area (Å²) in [5, 5.41) is 7.98. The van der Waals surface area contributed by atoms with Gasteiger partial charge < -0.3 is 15.5 Å². The molecule has 5 heterocycles. The average Bonchev–Trinajstić information content (AvgIpc) is 3.64. The van der Waals surface area contributed by atoms with Gasteiger partial charge >= 0.3 is 0 Å². The molecule has 0 aliphatic rings. The first-order chi connectivity index (χ1) is 18.0. The van der Waals surface area contributed by atoms with Crippen LogP contribution in [0.1, 0.15) is 54.4 Å². The van der Waals surface area contributed by atoms with Gasteiger partial charge in [-0.15, -0.1) is 22.7 Å². The molecule has 0 aliphatic heterocycles. The van der Waals surface area contributed by atoms with Crippen molar-refractivity contribution in [2.75, 3.05) is 5.32 Å². The van der Waals surface area contributed by atoms with Crippen molar-refractivity contribution in [1.82, 2.24) is 14.8 Å². The summed E-state index contributed by atoms with van der Waals surface area (Å²) in [5.41, 5.74) is 7.12. The summed E-state index contributed by atoms with van der Waals surface area (Å²) in [6.07, 6.45) is -2.82. The van der Waals surface area contributed by atoms with Crippen LogP contribution in [-0.2, 0) is 6.54 Å². The number of nitrogens with zero attached hydrogens (tertiary/aromatic N) is 3. The molecule has 0 atom stereocenters. The summed E-state index contributed by atoms with van der Waals surface area (Å²) in [6.45, 7) is 5.76. The zero-order valence-electron chi connectivity index (χ0n) is 20.3. The fourth-order valence-electron chi connectivity index (χ4n) is 4.03. The maximum absolute atomic E-state index is 13.7. The van der Waals surface area contributed by atoms with Crippen molar-refractivity contribution in [3.05, 3.63) is 73.7 Å². The Morgan fingerprint density at radius 1 is 1.18 bits per heavy atom. The highest BCUT2D eigenvalue weighted by atomic mass is 35.5. The van der Waals surface area contributed by atoms with Gasteiger partial charge in [-0.1, -0.05) is 11.6 Å². The van der Waals surface area contributed by atoms with E-state index in [-0.39, 0.29) is 27.7 Å². The highest BCUT2D eigenvalue weighted by Gasteiger charge is 2.26. The smallest absolute Gasteiger partial charge is 0.291 e. The van der Waals surface area contributed by atoms with Gasteiger partial charge in [0.1, 0.15) is 21.2 Å². The minimum Gasteiger partial charge on any atom is -0.454 e. The SMILES string of the molecule is Cc1ccc(-c2cc(C(F)F)nc3sc(C(N)=O)c(NC(=O)c4ccc(Cn5nc(C)c(Cl)c5C)o4)c23)s1. The van der Waals surface area contributed by atoms with Crippen LogP contribution in [0.15, 0.2) is 34.7 Å². The molecular weight excluding hydrogens is 556 g/mol. The molecule has 0 saturated heterocycles. The maximum atomic E-state index is 13.7. The molecular formula is C25H20ClF2N5O3S2. The number of primary amides is 1. The molecule has 3 N–H and O–H groups in total. The lowest BCUT2D eigenvalue weighted by Gasteiger charge is -2.09. The van der Waals surface area contributed by atoms with Gasteiger partial charge in [0.15, 0.2) is 5.76 Å². The maximum Gasteiger partial charge on any atom is 0.291 e. The Morgan fingerprint density at radius 3 is 2.55 bits per heavy atom. The van der Waals surface area contributed by atoms with Crippen LogP contribution in [0.4, 0.5) is 14.5 Å². The summed E-state index contributed by atoms with van der Waals surface area (Å²) in [5.74, 6) is -1.03. The Labute approximate surface area is 228 Å². The standard InChI is InChI=1S/C25H20ClF2N5O3S2/c1-10-4-7-17(37-10)14-8-15(22(27)28)30-25-18(14)20(21(38-25)23(29)34)31-24(35)16-6-5-13(36-16)9-33-12(3)19(26)11(2)32-33/h4-8,22H,9H2,1-3H3,(H2,29,34)(H,31,35). The lowest BCUT2D eigenvalue weighted by molar-refractivity contribution is 0.0994. The molecule has 0 aliphatic carbocycles. The number of anilines is 1. The number of pyridine rings is 1. The number of alkyl halides is 2. The van der Waals surface area contributed by atoms with E-state index in [0.29, 0.717) is 32.3 Å². The highest BCUT2D eigenvalue weighted by molar-refractivity contribution is 7.21. The van der Waals surface area contributed by atoms with Crippen molar-refractivity contribution in [3.63, 3.8) is 0 Å². The van der Waals surface area contributed by atoms with Crippen molar-refractivity contribution < 1.29 is 22.8 Å². The van der Waals surface area contributed by atoms with Gasteiger partial charge in [0.25, 0.3) is 18.2 Å². The third kappa shape index (κ3) is 4.70. The number of furan rings is 1. The van der Waals surface area contributed by atoms with Gasteiger partial charge in [-0.05, 0) is 51.1 Å². The molecule has 38 heavy (non-hydrogen) atoms. The summed E-state index contributed by atoms with van der Waals surface area (Å²) in [7, 11) is 0. The number of rotatable bonds is 7. The molecule has 2 amide bonds. The van der Waals surface area contributed by atoms with E-state index in [2.05, 4.69) is 15.4 Å². The number of aromatic nitrogens is 3. The molecule has 196 valence electrons. The van der Waals surface area contributed by atoms with Crippen LogP contribution in [0.5, 0.6) is 0 Å². The van der Waals surface area contributed by atoms with Gasteiger partial charge in [0.05, 0.1) is 28.6 Å². The lowest BCUT2D eigenvalue weighted by atomic mass is 10.1. The van der Waals surface area contributed by atoms with Gasteiger partial charge in [-0.25, -0.2) is 13.8 Å². The Morgan fingerprint density at radius 2 is 1.95 bits per heavy atom. The quantitative estimate of drug-likeness (QED) is 0.223. The van der Waals surface area contributed by atoms with Crippen molar-refractivity contribution >= 4 is 62.0 Å². The third-order valence-corrected chi connectivity index (χ3v) is 8.54. The molecule has 13 heteroatoms.